The number of nitrogens with two attached hydrogens (primary N) is 1. The molecule has 0 amide bonds. The van der Waals surface area contributed by atoms with Crippen molar-refractivity contribution in [2.45, 2.75) is 19.4 Å². The van der Waals surface area contributed by atoms with E-state index in [0.717, 1.165) is 12.0 Å². The van der Waals surface area contributed by atoms with Crippen molar-refractivity contribution >= 4 is 23.2 Å². The van der Waals surface area contributed by atoms with E-state index in [1.807, 2.05) is 12.1 Å². The molecule has 0 aromatic heterocycles. The lowest BCUT2D eigenvalue weighted by molar-refractivity contribution is 0.722. The lowest BCUT2D eigenvalue weighted by Crippen LogP contribution is -2.14. The summed E-state index contributed by atoms with van der Waals surface area (Å²) in [5, 5.41) is 1.33. The summed E-state index contributed by atoms with van der Waals surface area (Å²) in [5.74, 6) is 0. The van der Waals surface area contributed by atoms with Gasteiger partial charge in [0.25, 0.3) is 0 Å². The second kappa shape index (κ2) is 5.75. The van der Waals surface area contributed by atoms with E-state index in [-0.39, 0.29) is 6.04 Å². The van der Waals surface area contributed by atoms with E-state index in [0.29, 0.717) is 10.0 Å². The smallest absolute Gasteiger partial charge is 0.0454 e. The molecule has 0 saturated carbocycles. The maximum absolute atomic E-state index is 6.20. The maximum Gasteiger partial charge on any atom is 0.0454 e. The van der Waals surface area contributed by atoms with E-state index in [1.54, 1.807) is 12.1 Å². The van der Waals surface area contributed by atoms with Gasteiger partial charge in [0.05, 0.1) is 0 Å². The molecule has 0 aliphatic rings. The minimum atomic E-state index is -0.141. The molecule has 2 aromatic carbocycles. The van der Waals surface area contributed by atoms with Crippen molar-refractivity contribution in [1.29, 1.82) is 0 Å². The Hall–Kier alpha value is -1.02. The number of aryl methyl sites for hydroxylation is 1. The van der Waals surface area contributed by atoms with Gasteiger partial charge in [-0.2, -0.15) is 0 Å². The normalized spacial score (nSPS) is 12.4. The van der Waals surface area contributed by atoms with Crippen LogP contribution in [0.1, 0.15) is 22.7 Å². The fourth-order valence-corrected chi connectivity index (χ4v) is 2.44. The van der Waals surface area contributed by atoms with Gasteiger partial charge in [0, 0.05) is 16.1 Å². The van der Waals surface area contributed by atoms with E-state index in [4.69, 9.17) is 28.9 Å². The molecule has 0 bridgehead atoms. The molecule has 1 nitrogen and oxygen atoms in total. The fourth-order valence-electron chi connectivity index (χ4n) is 2.00. The molecule has 2 aromatic rings. The van der Waals surface area contributed by atoms with Gasteiger partial charge in [0.2, 0.25) is 0 Å². The lowest BCUT2D eigenvalue weighted by Gasteiger charge is -2.14. The second-order valence-corrected chi connectivity index (χ2v) is 5.31. The molecule has 2 N–H and O–H groups in total. The quantitative estimate of drug-likeness (QED) is 0.877. The molecule has 1 atom stereocenters. The average Bonchev–Trinajstić information content (AvgIpc) is 2.32. The van der Waals surface area contributed by atoms with Crippen LogP contribution in [0.4, 0.5) is 0 Å². The van der Waals surface area contributed by atoms with Crippen molar-refractivity contribution in [3.63, 3.8) is 0 Å². The molecule has 18 heavy (non-hydrogen) atoms. The Morgan fingerprint density at radius 1 is 1.11 bits per heavy atom. The summed E-state index contributed by atoms with van der Waals surface area (Å²) in [4.78, 5) is 0. The van der Waals surface area contributed by atoms with Gasteiger partial charge >= 0.3 is 0 Å². The number of hydrogen-bond acceptors (Lipinski definition) is 1. The van der Waals surface area contributed by atoms with Crippen molar-refractivity contribution in [2.24, 2.45) is 5.73 Å². The van der Waals surface area contributed by atoms with Crippen LogP contribution in [0.5, 0.6) is 0 Å². The summed E-state index contributed by atoms with van der Waals surface area (Å²) in [6.45, 7) is 2.07. The van der Waals surface area contributed by atoms with Gasteiger partial charge in [-0.3, -0.25) is 0 Å². The Balaban J connectivity index is 2.21. The van der Waals surface area contributed by atoms with Gasteiger partial charge < -0.3 is 5.73 Å². The van der Waals surface area contributed by atoms with E-state index in [2.05, 4.69) is 25.1 Å². The van der Waals surface area contributed by atoms with Crippen LogP contribution in [-0.2, 0) is 6.42 Å². The van der Waals surface area contributed by atoms with Gasteiger partial charge in [0.1, 0.15) is 0 Å². The van der Waals surface area contributed by atoms with Crippen LogP contribution in [0, 0.1) is 6.92 Å². The van der Waals surface area contributed by atoms with E-state index >= 15 is 0 Å². The molecule has 0 spiro atoms. The predicted octanol–water partition coefficient (Wildman–Crippen LogP) is 4.54. The molecule has 0 heterocycles. The van der Waals surface area contributed by atoms with Gasteiger partial charge in [-0.15, -0.1) is 0 Å². The van der Waals surface area contributed by atoms with Crippen molar-refractivity contribution in [3.8, 4) is 0 Å². The fraction of sp³-hybridized carbons (Fsp3) is 0.200. The highest BCUT2D eigenvalue weighted by Gasteiger charge is 2.11. The highest BCUT2D eigenvalue weighted by atomic mass is 35.5. The first kappa shape index (κ1) is 13.4. The zero-order valence-electron chi connectivity index (χ0n) is 10.2. The maximum atomic E-state index is 6.20. The summed E-state index contributed by atoms with van der Waals surface area (Å²) < 4.78 is 0. The summed E-state index contributed by atoms with van der Waals surface area (Å²) in [6.07, 6.45) is 0.752. The van der Waals surface area contributed by atoms with Crippen molar-refractivity contribution in [3.05, 3.63) is 69.2 Å². The first-order valence-corrected chi connectivity index (χ1v) is 6.58. The summed E-state index contributed by atoms with van der Waals surface area (Å²) in [7, 11) is 0. The van der Waals surface area contributed by atoms with Crippen LogP contribution in [0.2, 0.25) is 10.0 Å². The largest absolute Gasteiger partial charge is 0.324 e. The second-order valence-electron chi connectivity index (χ2n) is 4.47. The SMILES string of the molecule is Cc1cccc(CC(N)c2cc(Cl)ccc2Cl)c1. The van der Waals surface area contributed by atoms with Gasteiger partial charge in [-0.1, -0.05) is 53.0 Å². The van der Waals surface area contributed by atoms with Gasteiger partial charge in [0.15, 0.2) is 0 Å². The number of benzene rings is 2. The Morgan fingerprint density at radius 3 is 2.61 bits per heavy atom. The van der Waals surface area contributed by atoms with E-state index in [9.17, 15) is 0 Å². The minimum Gasteiger partial charge on any atom is -0.324 e. The number of halogens is 2. The summed E-state index contributed by atoms with van der Waals surface area (Å²) in [6, 6.07) is 13.6. The standard InChI is InChI=1S/C15H15Cl2N/c1-10-3-2-4-11(7-10)8-15(18)13-9-12(16)5-6-14(13)17/h2-7,9,15H,8,18H2,1H3. The third-order valence-corrected chi connectivity index (χ3v) is 3.47. The Bertz CT molecular complexity index is 552. The summed E-state index contributed by atoms with van der Waals surface area (Å²) >= 11 is 12.1. The van der Waals surface area contributed by atoms with Crippen LogP contribution >= 0.6 is 23.2 Å². The third kappa shape index (κ3) is 3.26. The van der Waals surface area contributed by atoms with Crippen LogP contribution in [-0.4, -0.2) is 0 Å². The first-order valence-electron chi connectivity index (χ1n) is 5.82. The lowest BCUT2D eigenvalue weighted by atomic mass is 9.98. The molecular weight excluding hydrogens is 265 g/mol. The van der Waals surface area contributed by atoms with Crippen molar-refractivity contribution in [1.82, 2.24) is 0 Å². The highest BCUT2D eigenvalue weighted by molar-refractivity contribution is 6.33. The van der Waals surface area contributed by atoms with Gasteiger partial charge in [-0.25, -0.2) is 0 Å². The molecule has 0 aliphatic carbocycles. The monoisotopic (exact) mass is 279 g/mol. The Kier molecular flexibility index (Phi) is 4.28. The number of hydrogen-bond donors (Lipinski definition) is 1. The third-order valence-electron chi connectivity index (χ3n) is 2.90. The predicted molar refractivity (Wildman–Crippen MR) is 78.3 cm³/mol. The van der Waals surface area contributed by atoms with Gasteiger partial charge in [-0.05, 0) is 42.7 Å². The Morgan fingerprint density at radius 2 is 1.89 bits per heavy atom. The molecule has 1 unspecified atom stereocenters. The zero-order chi connectivity index (χ0) is 13.1. The van der Waals surface area contributed by atoms with Crippen LogP contribution in [0.3, 0.4) is 0 Å². The summed E-state index contributed by atoms with van der Waals surface area (Å²) in [5.41, 5.74) is 9.54. The Labute approximate surface area is 118 Å². The van der Waals surface area contributed by atoms with Crippen molar-refractivity contribution < 1.29 is 0 Å². The van der Waals surface area contributed by atoms with E-state index < -0.39 is 0 Å². The molecule has 2 rings (SSSR count). The first-order chi connectivity index (χ1) is 8.56. The number of rotatable bonds is 3. The van der Waals surface area contributed by atoms with Crippen LogP contribution in [0.15, 0.2) is 42.5 Å². The minimum absolute atomic E-state index is 0.141. The molecular formula is C15H15Cl2N. The molecule has 0 radical (unpaired) electrons. The average molecular weight is 280 g/mol. The topological polar surface area (TPSA) is 26.0 Å². The van der Waals surface area contributed by atoms with Crippen LogP contribution < -0.4 is 5.73 Å². The van der Waals surface area contributed by atoms with Crippen LogP contribution in [0.25, 0.3) is 0 Å². The zero-order valence-corrected chi connectivity index (χ0v) is 11.7. The van der Waals surface area contributed by atoms with Crippen molar-refractivity contribution in [2.75, 3.05) is 0 Å². The van der Waals surface area contributed by atoms with E-state index in [1.165, 1.54) is 11.1 Å². The molecule has 0 fully saturated rings. The molecule has 3 heteroatoms. The molecule has 94 valence electrons. The molecule has 0 saturated heterocycles. The highest BCUT2D eigenvalue weighted by Crippen LogP contribution is 2.27. The molecule has 0 aliphatic heterocycles.